The molecule has 6 heterocycles. The van der Waals surface area contributed by atoms with Gasteiger partial charge in [-0.15, -0.1) is 0 Å². The maximum Gasteiger partial charge on any atom is 0.257 e. The van der Waals surface area contributed by atoms with Crippen LogP contribution in [0.4, 0.5) is 5.69 Å². The highest BCUT2D eigenvalue weighted by Crippen LogP contribution is 2.45. The largest absolute Gasteiger partial charge is 0.472 e. The third-order valence-electron chi connectivity index (χ3n) is 9.84. The molecule has 6 heteroatoms. The quantitative estimate of drug-likeness (QED) is 0.506. The third kappa shape index (κ3) is 3.60. The second-order valence-electron chi connectivity index (χ2n) is 11.7. The van der Waals surface area contributed by atoms with Crippen LogP contribution < -0.4 is 4.90 Å². The second-order valence-corrected chi connectivity index (χ2v) is 11.7. The smallest absolute Gasteiger partial charge is 0.257 e. The van der Waals surface area contributed by atoms with Crippen LogP contribution in [0, 0.1) is 0 Å². The van der Waals surface area contributed by atoms with Gasteiger partial charge < -0.3 is 18.8 Å². The minimum atomic E-state index is 0.104. The molecule has 0 radical (unpaired) electrons. The number of hydrogen-bond acceptors (Lipinski definition) is 4. The van der Waals surface area contributed by atoms with Gasteiger partial charge in [0.25, 0.3) is 5.91 Å². The number of fused-ring (bicyclic) bond motifs is 4. The molecular formula is C30H38N4O2. The number of aromatic nitrogens is 1. The molecule has 1 aromatic carbocycles. The van der Waals surface area contributed by atoms with E-state index in [0.29, 0.717) is 11.6 Å². The van der Waals surface area contributed by atoms with E-state index in [1.165, 1.54) is 60.9 Å². The van der Waals surface area contributed by atoms with Crippen molar-refractivity contribution in [2.75, 3.05) is 37.6 Å². The van der Waals surface area contributed by atoms with E-state index < -0.39 is 0 Å². The number of hydrogen-bond donors (Lipinski definition) is 0. The highest BCUT2D eigenvalue weighted by atomic mass is 16.3. The Bertz CT molecular complexity index is 1250. The molecule has 36 heavy (non-hydrogen) atoms. The Morgan fingerprint density at radius 3 is 2.64 bits per heavy atom. The number of anilines is 1. The van der Waals surface area contributed by atoms with Crippen molar-refractivity contribution in [1.29, 1.82) is 0 Å². The Kier molecular flexibility index (Phi) is 5.42. The van der Waals surface area contributed by atoms with Gasteiger partial charge in [0, 0.05) is 72.5 Å². The maximum atomic E-state index is 12.9. The summed E-state index contributed by atoms with van der Waals surface area (Å²) >= 11 is 0. The number of carbonyl (C=O) groups excluding carboxylic acids is 1. The molecule has 2 aromatic heterocycles. The van der Waals surface area contributed by atoms with Crippen molar-refractivity contribution < 1.29 is 9.21 Å². The summed E-state index contributed by atoms with van der Waals surface area (Å²) in [5.74, 6) is 0.104. The van der Waals surface area contributed by atoms with Crippen LogP contribution in [0.5, 0.6) is 0 Å². The number of likely N-dealkylation sites (tertiary alicyclic amines) is 2. The SMILES string of the molecule is CC1CCCN1C1CCN(c2ccc3c(c2)cc2n3CCCC23CCN(C(=O)c2ccoc2)CC3)C1. The van der Waals surface area contributed by atoms with E-state index >= 15 is 0 Å². The lowest BCUT2D eigenvalue weighted by atomic mass is 9.70. The van der Waals surface area contributed by atoms with Crippen LogP contribution in [-0.2, 0) is 12.0 Å². The molecule has 3 saturated heterocycles. The zero-order valence-electron chi connectivity index (χ0n) is 21.5. The Morgan fingerprint density at radius 1 is 0.972 bits per heavy atom. The molecule has 0 bridgehead atoms. The third-order valence-corrected chi connectivity index (χ3v) is 9.84. The standard InChI is InChI=1S/C30H38N4O2/c1-22-4-2-12-33(22)26-7-14-32(20-26)25-5-6-27-24(18-25)19-28-30(9-3-13-34(27)28)10-15-31(16-11-30)29(35)23-8-17-36-21-23/h5-6,8,17-19,21-22,26H,2-4,7,9-16,20H2,1H3. The number of rotatable bonds is 3. The lowest BCUT2D eigenvalue weighted by Gasteiger charge is -2.45. The molecular weight excluding hydrogens is 448 g/mol. The molecule has 1 amide bonds. The van der Waals surface area contributed by atoms with Crippen LogP contribution in [0.15, 0.2) is 47.3 Å². The molecule has 2 atom stereocenters. The normalized spacial score (nSPS) is 26.2. The minimum absolute atomic E-state index is 0.104. The minimum Gasteiger partial charge on any atom is -0.472 e. The summed E-state index contributed by atoms with van der Waals surface area (Å²) in [6, 6.07) is 12.9. The Labute approximate surface area is 213 Å². The lowest BCUT2D eigenvalue weighted by Crippen LogP contribution is -2.47. The van der Waals surface area contributed by atoms with Crippen molar-refractivity contribution in [3.8, 4) is 0 Å². The molecule has 190 valence electrons. The van der Waals surface area contributed by atoms with Crippen LogP contribution in [0.25, 0.3) is 10.9 Å². The van der Waals surface area contributed by atoms with Crippen LogP contribution >= 0.6 is 0 Å². The van der Waals surface area contributed by atoms with Crippen molar-refractivity contribution in [3.63, 3.8) is 0 Å². The Hall–Kier alpha value is -2.73. The first-order valence-corrected chi connectivity index (χ1v) is 14.1. The maximum absolute atomic E-state index is 12.9. The summed E-state index contributed by atoms with van der Waals surface area (Å²) in [7, 11) is 0. The summed E-state index contributed by atoms with van der Waals surface area (Å²) in [6.07, 6.45) is 11.7. The van der Waals surface area contributed by atoms with Crippen molar-refractivity contribution in [1.82, 2.24) is 14.4 Å². The summed E-state index contributed by atoms with van der Waals surface area (Å²) in [4.78, 5) is 20.2. The molecule has 3 aromatic rings. The topological polar surface area (TPSA) is 44.9 Å². The number of benzene rings is 1. The monoisotopic (exact) mass is 486 g/mol. The van der Waals surface area contributed by atoms with E-state index in [2.05, 4.69) is 45.6 Å². The second kappa shape index (κ2) is 8.69. The first kappa shape index (κ1) is 22.5. The summed E-state index contributed by atoms with van der Waals surface area (Å²) in [5.41, 5.74) is 5.12. The van der Waals surface area contributed by atoms with Crippen molar-refractivity contribution in [2.45, 2.75) is 75.9 Å². The summed E-state index contributed by atoms with van der Waals surface area (Å²) in [6.45, 7) is 8.75. The molecule has 4 aliphatic heterocycles. The molecule has 7 rings (SSSR count). The Morgan fingerprint density at radius 2 is 1.86 bits per heavy atom. The van der Waals surface area contributed by atoms with Gasteiger partial charge in [0.15, 0.2) is 0 Å². The molecule has 2 unspecified atom stereocenters. The average Bonchev–Trinajstić information content (AvgIpc) is 3.70. The van der Waals surface area contributed by atoms with Gasteiger partial charge in [-0.2, -0.15) is 0 Å². The van der Waals surface area contributed by atoms with E-state index in [9.17, 15) is 4.79 Å². The summed E-state index contributed by atoms with van der Waals surface area (Å²) < 4.78 is 7.73. The van der Waals surface area contributed by atoms with Gasteiger partial charge in [0.2, 0.25) is 0 Å². The van der Waals surface area contributed by atoms with Crippen molar-refractivity contribution in [2.24, 2.45) is 0 Å². The molecule has 0 saturated carbocycles. The molecule has 0 N–H and O–H groups in total. The lowest BCUT2D eigenvalue weighted by molar-refractivity contribution is 0.0640. The van der Waals surface area contributed by atoms with Gasteiger partial charge in [-0.1, -0.05) is 0 Å². The van der Waals surface area contributed by atoms with Crippen LogP contribution in [-0.4, -0.2) is 65.1 Å². The number of carbonyl (C=O) groups is 1. The summed E-state index contributed by atoms with van der Waals surface area (Å²) in [5, 5.41) is 1.39. The molecule has 1 spiro atoms. The van der Waals surface area contributed by atoms with Gasteiger partial charge >= 0.3 is 0 Å². The van der Waals surface area contributed by atoms with Gasteiger partial charge in [-0.05, 0) is 88.7 Å². The van der Waals surface area contributed by atoms with Crippen molar-refractivity contribution in [3.05, 3.63) is 54.1 Å². The fraction of sp³-hybridized carbons (Fsp3) is 0.567. The molecule has 6 nitrogen and oxygen atoms in total. The van der Waals surface area contributed by atoms with Gasteiger partial charge in [-0.3, -0.25) is 9.69 Å². The van der Waals surface area contributed by atoms with Gasteiger partial charge in [0.1, 0.15) is 6.26 Å². The molecule has 3 fully saturated rings. The zero-order chi connectivity index (χ0) is 24.3. The number of furan rings is 1. The number of aryl methyl sites for hydroxylation is 1. The van der Waals surface area contributed by atoms with E-state index in [0.717, 1.165) is 51.6 Å². The number of nitrogens with zero attached hydrogens (tertiary/aromatic N) is 4. The predicted octanol–water partition coefficient (Wildman–Crippen LogP) is 5.27. The fourth-order valence-electron chi connectivity index (χ4n) is 7.80. The van der Waals surface area contributed by atoms with Crippen molar-refractivity contribution >= 4 is 22.5 Å². The zero-order valence-corrected chi connectivity index (χ0v) is 21.5. The van der Waals surface area contributed by atoms with E-state index in [1.54, 1.807) is 18.6 Å². The van der Waals surface area contributed by atoms with Crippen LogP contribution in [0.3, 0.4) is 0 Å². The number of amides is 1. The van der Waals surface area contributed by atoms with E-state index in [4.69, 9.17) is 4.42 Å². The van der Waals surface area contributed by atoms with Crippen LogP contribution in [0.2, 0.25) is 0 Å². The highest BCUT2D eigenvalue weighted by Gasteiger charge is 2.42. The highest BCUT2D eigenvalue weighted by molar-refractivity contribution is 5.94. The number of piperidine rings is 1. The first-order chi connectivity index (χ1) is 17.6. The first-order valence-electron chi connectivity index (χ1n) is 14.1. The fourth-order valence-corrected chi connectivity index (χ4v) is 7.80. The predicted molar refractivity (Wildman–Crippen MR) is 143 cm³/mol. The average molecular weight is 487 g/mol. The van der Waals surface area contributed by atoms with E-state index in [1.807, 2.05) is 4.90 Å². The van der Waals surface area contributed by atoms with Gasteiger partial charge in [-0.25, -0.2) is 0 Å². The van der Waals surface area contributed by atoms with E-state index in [-0.39, 0.29) is 11.3 Å². The molecule has 4 aliphatic rings. The van der Waals surface area contributed by atoms with Crippen LogP contribution in [0.1, 0.15) is 67.9 Å². The Balaban J connectivity index is 1.12. The van der Waals surface area contributed by atoms with Gasteiger partial charge in [0.05, 0.1) is 11.8 Å². The molecule has 0 aliphatic carbocycles.